The zero-order valence-corrected chi connectivity index (χ0v) is 7.52. The third-order valence-electron chi connectivity index (χ3n) is 1.90. The number of rotatable bonds is 3. The van der Waals surface area contributed by atoms with Crippen molar-refractivity contribution >= 4 is 5.97 Å². The average Bonchev–Trinajstić information content (AvgIpc) is 2.19. The summed E-state index contributed by atoms with van der Waals surface area (Å²) in [5.41, 5.74) is 4.60. The number of carbonyl (C=O) groups is 1. The van der Waals surface area contributed by atoms with Gasteiger partial charge in [0, 0.05) is 5.56 Å². The second-order valence-electron chi connectivity index (χ2n) is 2.97. The zero-order valence-electron chi connectivity index (χ0n) is 7.52. The van der Waals surface area contributed by atoms with Gasteiger partial charge in [-0.05, 0) is 18.2 Å². The third-order valence-corrected chi connectivity index (χ3v) is 1.90. The van der Waals surface area contributed by atoms with E-state index in [-0.39, 0.29) is 0 Å². The molecule has 0 amide bonds. The highest BCUT2D eigenvalue weighted by atomic mass is 19.1. The first kappa shape index (κ1) is 11.5. The molecule has 0 aliphatic heterocycles. The lowest BCUT2D eigenvalue weighted by atomic mass is 10.0. The van der Waals surface area contributed by atoms with Crippen molar-refractivity contribution in [3.05, 3.63) is 35.4 Å². The van der Waals surface area contributed by atoms with Crippen LogP contribution in [0, 0.1) is 11.6 Å². The first-order chi connectivity index (χ1) is 6.93. The first-order valence-electron chi connectivity index (χ1n) is 4.05. The molecule has 0 saturated heterocycles. The van der Waals surface area contributed by atoms with Crippen molar-refractivity contribution in [2.75, 3.05) is 0 Å². The van der Waals surface area contributed by atoms with E-state index in [1.807, 2.05) is 0 Å². The van der Waals surface area contributed by atoms with E-state index in [1.165, 1.54) is 0 Å². The Kier molecular flexibility index (Phi) is 3.33. The molecule has 0 saturated carbocycles. The van der Waals surface area contributed by atoms with Crippen LogP contribution >= 0.6 is 0 Å². The second-order valence-corrected chi connectivity index (χ2v) is 2.97. The van der Waals surface area contributed by atoms with Crippen LogP contribution in [0.15, 0.2) is 18.2 Å². The Labute approximate surface area is 83.9 Å². The van der Waals surface area contributed by atoms with E-state index in [4.69, 9.17) is 10.8 Å². The highest BCUT2D eigenvalue weighted by Gasteiger charge is 2.26. The molecule has 1 rings (SSSR count). The molecule has 0 fully saturated rings. The van der Waals surface area contributed by atoms with Gasteiger partial charge in [0.25, 0.3) is 0 Å². The van der Waals surface area contributed by atoms with Crippen LogP contribution < -0.4 is 5.73 Å². The van der Waals surface area contributed by atoms with E-state index in [1.54, 1.807) is 0 Å². The summed E-state index contributed by atoms with van der Waals surface area (Å²) in [7, 11) is 0. The van der Waals surface area contributed by atoms with E-state index < -0.39 is 35.3 Å². The molecule has 0 aliphatic carbocycles. The number of hydrogen-bond acceptors (Lipinski definition) is 3. The SMILES string of the molecule is NC(C(=O)O)C(O)c1cc(F)ccc1F. The van der Waals surface area contributed by atoms with Gasteiger partial charge in [0.15, 0.2) is 0 Å². The Morgan fingerprint density at radius 3 is 2.53 bits per heavy atom. The maximum atomic E-state index is 13.1. The molecule has 4 N–H and O–H groups in total. The molecule has 1 aromatic carbocycles. The average molecular weight is 217 g/mol. The highest BCUT2D eigenvalue weighted by Crippen LogP contribution is 2.20. The number of aliphatic carboxylic acids is 1. The number of hydrogen-bond donors (Lipinski definition) is 3. The Morgan fingerprint density at radius 1 is 1.40 bits per heavy atom. The minimum Gasteiger partial charge on any atom is -0.480 e. The zero-order chi connectivity index (χ0) is 11.6. The van der Waals surface area contributed by atoms with E-state index in [0.717, 1.165) is 12.1 Å². The van der Waals surface area contributed by atoms with Crippen molar-refractivity contribution < 1.29 is 23.8 Å². The Bertz CT molecular complexity index is 384. The molecule has 15 heavy (non-hydrogen) atoms. The van der Waals surface area contributed by atoms with Crippen LogP contribution in [0.2, 0.25) is 0 Å². The van der Waals surface area contributed by atoms with Gasteiger partial charge >= 0.3 is 5.97 Å². The summed E-state index contributed by atoms with van der Waals surface area (Å²) in [5.74, 6) is -3.17. The predicted octanol–water partition coefficient (Wildman–Crippen LogP) is 0.410. The van der Waals surface area contributed by atoms with Crippen LogP contribution in [-0.4, -0.2) is 22.2 Å². The summed E-state index contributed by atoms with van der Waals surface area (Å²) in [6.07, 6.45) is -1.78. The molecule has 6 heteroatoms. The fraction of sp³-hybridized carbons (Fsp3) is 0.222. The number of carboxylic acids is 1. The molecule has 0 aliphatic rings. The molecule has 0 heterocycles. The standard InChI is InChI=1S/C9H9F2NO3/c10-4-1-2-6(11)5(3-4)8(13)7(12)9(14)15/h1-3,7-8,13H,12H2,(H,14,15). The fourth-order valence-corrected chi connectivity index (χ4v) is 1.07. The monoisotopic (exact) mass is 217 g/mol. The number of benzene rings is 1. The lowest BCUT2D eigenvalue weighted by molar-refractivity contribution is -0.141. The van der Waals surface area contributed by atoms with Crippen LogP contribution in [0.25, 0.3) is 0 Å². The minimum atomic E-state index is -1.78. The van der Waals surface area contributed by atoms with Crippen molar-refractivity contribution in [2.45, 2.75) is 12.1 Å². The Balaban J connectivity index is 3.04. The van der Waals surface area contributed by atoms with Crippen molar-refractivity contribution in [1.29, 1.82) is 0 Å². The number of aliphatic hydroxyl groups is 1. The normalized spacial score (nSPS) is 14.7. The number of carboxylic acid groups (broad SMARTS) is 1. The van der Waals surface area contributed by atoms with Gasteiger partial charge in [-0.1, -0.05) is 0 Å². The summed E-state index contributed by atoms with van der Waals surface area (Å²) in [6, 6.07) is 0.671. The molecule has 0 bridgehead atoms. The van der Waals surface area contributed by atoms with Crippen LogP contribution in [0.5, 0.6) is 0 Å². The Hall–Kier alpha value is -1.53. The highest BCUT2D eigenvalue weighted by molar-refractivity contribution is 5.74. The third kappa shape index (κ3) is 2.48. The molecule has 1 aromatic rings. The molecular weight excluding hydrogens is 208 g/mol. The topological polar surface area (TPSA) is 83.6 Å². The van der Waals surface area contributed by atoms with E-state index in [9.17, 15) is 18.7 Å². The number of halogens is 2. The molecular formula is C9H9F2NO3. The van der Waals surface area contributed by atoms with Gasteiger partial charge < -0.3 is 15.9 Å². The lowest BCUT2D eigenvalue weighted by Crippen LogP contribution is -2.36. The van der Waals surface area contributed by atoms with Gasteiger partial charge in [-0.25, -0.2) is 8.78 Å². The summed E-state index contributed by atoms with van der Waals surface area (Å²) in [5, 5.41) is 17.8. The van der Waals surface area contributed by atoms with Gasteiger partial charge in [0.1, 0.15) is 23.8 Å². The van der Waals surface area contributed by atoms with Crippen molar-refractivity contribution in [3.63, 3.8) is 0 Å². The Morgan fingerprint density at radius 2 is 2.00 bits per heavy atom. The van der Waals surface area contributed by atoms with Crippen molar-refractivity contribution in [1.82, 2.24) is 0 Å². The second kappa shape index (κ2) is 4.33. The maximum Gasteiger partial charge on any atom is 0.323 e. The van der Waals surface area contributed by atoms with Crippen LogP contribution in [0.1, 0.15) is 11.7 Å². The van der Waals surface area contributed by atoms with Gasteiger partial charge in [0.2, 0.25) is 0 Å². The maximum absolute atomic E-state index is 13.1. The molecule has 82 valence electrons. The van der Waals surface area contributed by atoms with Gasteiger partial charge in [0.05, 0.1) is 0 Å². The smallest absolute Gasteiger partial charge is 0.323 e. The first-order valence-corrected chi connectivity index (χ1v) is 4.05. The largest absolute Gasteiger partial charge is 0.480 e. The summed E-state index contributed by atoms with van der Waals surface area (Å²) < 4.78 is 25.8. The molecule has 0 spiro atoms. The summed E-state index contributed by atoms with van der Waals surface area (Å²) >= 11 is 0. The van der Waals surface area contributed by atoms with Crippen LogP contribution in [0.4, 0.5) is 8.78 Å². The van der Waals surface area contributed by atoms with Crippen molar-refractivity contribution in [2.24, 2.45) is 5.73 Å². The number of aliphatic hydroxyl groups excluding tert-OH is 1. The van der Waals surface area contributed by atoms with Crippen molar-refractivity contribution in [3.8, 4) is 0 Å². The van der Waals surface area contributed by atoms with E-state index in [2.05, 4.69) is 0 Å². The summed E-state index contributed by atoms with van der Waals surface area (Å²) in [4.78, 5) is 10.4. The van der Waals surface area contributed by atoms with Gasteiger partial charge in [-0.3, -0.25) is 4.79 Å². The molecule has 0 aromatic heterocycles. The predicted molar refractivity (Wildman–Crippen MR) is 46.9 cm³/mol. The van der Waals surface area contributed by atoms with E-state index >= 15 is 0 Å². The van der Waals surface area contributed by atoms with E-state index in [0.29, 0.717) is 6.07 Å². The summed E-state index contributed by atoms with van der Waals surface area (Å²) in [6.45, 7) is 0. The van der Waals surface area contributed by atoms with Crippen LogP contribution in [-0.2, 0) is 4.79 Å². The molecule has 4 nitrogen and oxygen atoms in total. The fourth-order valence-electron chi connectivity index (χ4n) is 1.07. The van der Waals surface area contributed by atoms with Gasteiger partial charge in [-0.15, -0.1) is 0 Å². The lowest BCUT2D eigenvalue weighted by Gasteiger charge is -2.15. The minimum absolute atomic E-state index is 0.468. The van der Waals surface area contributed by atoms with Crippen LogP contribution in [0.3, 0.4) is 0 Å². The molecule has 2 atom stereocenters. The molecule has 2 unspecified atom stereocenters. The number of nitrogens with two attached hydrogens (primary N) is 1. The molecule has 0 radical (unpaired) electrons. The quantitative estimate of drug-likeness (QED) is 0.684. The van der Waals surface area contributed by atoms with Gasteiger partial charge in [-0.2, -0.15) is 0 Å².